The number of nitrogens with zero attached hydrogens (tertiary/aromatic N) is 2. The third kappa shape index (κ3) is 7.88. The monoisotopic (exact) mass is 642 g/mol. The Kier molecular flexibility index (Phi) is 10.1. The zero-order valence-corrected chi connectivity index (χ0v) is 28.1. The van der Waals surface area contributed by atoms with Gasteiger partial charge in [-0.1, -0.05) is 36.4 Å². The van der Waals surface area contributed by atoms with Gasteiger partial charge in [-0.15, -0.1) is 0 Å². The number of aryl methyl sites for hydroxylation is 2. The number of benzene rings is 3. The molecular weight excluding hydrogens is 598 g/mol. The first kappa shape index (κ1) is 34.2. The number of carbonyl (C=O) groups is 1. The Morgan fingerprint density at radius 2 is 1.68 bits per heavy atom. The second-order valence-corrected chi connectivity index (χ2v) is 13.6. The van der Waals surface area contributed by atoms with E-state index in [-0.39, 0.29) is 12.2 Å². The summed E-state index contributed by atoms with van der Waals surface area (Å²) in [6.45, 7) is 13.5. The van der Waals surface area contributed by atoms with Crippen molar-refractivity contribution in [1.29, 1.82) is 0 Å². The molecule has 0 fully saturated rings. The quantitative estimate of drug-likeness (QED) is 0.223. The molecule has 3 heterocycles. The molecule has 0 saturated heterocycles. The van der Waals surface area contributed by atoms with Crippen molar-refractivity contribution in [3.8, 4) is 28.0 Å². The van der Waals surface area contributed by atoms with E-state index < -0.39 is 17.4 Å². The van der Waals surface area contributed by atoms with Crippen molar-refractivity contribution in [1.82, 2.24) is 9.88 Å². The highest BCUT2D eigenvalue weighted by molar-refractivity contribution is 5.91. The van der Waals surface area contributed by atoms with Gasteiger partial charge in [0.25, 0.3) is 0 Å². The van der Waals surface area contributed by atoms with Gasteiger partial charge in [0, 0.05) is 47.7 Å². The number of aliphatic carboxylic acids is 1. The minimum absolute atomic E-state index is 0.189. The molecule has 1 aromatic heterocycles. The second-order valence-electron chi connectivity index (χ2n) is 13.6. The molecule has 0 spiro atoms. The molecular formula is C39H44F2N2O4. The molecule has 0 amide bonds. The van der Waals surface area contributed by atoms with E-state index in [0.717, 1.165) is 52.9 Å². The van der Waals surface area contributed by atoms with Crippen LogP contribution in [-0.4, -0.2) is 44.8 Å². The van der Waals surface area contributed by atoms with Crippen LogP contribution in [0.15, 0.2) is 48.5 Å². The highest BCUT2D eigenvalue weighted by Gasteiger charge is 2.27. The van der Waals surface area contributed by atoms with Gasteiger partial charge >= 0.3 is 5.97 Å². The summed E-state index contributed by atoms with van der Waals surface area (Å²) >= 11 is 0. The van der Waals surface area contributed by atoms with Gasteiger partial charge in [-0.25, -0.2) is 8.78 Å². The lowest BCUT2D eigenvalue weighted by molar-refractivity contribution is -0.136. The number of hydrogen-bond donors (Lipinski definition) is 2. The molecule has 8 heteroatoms. The van der Waals surface area contributed by atoms with Crippen LogP contribution in [0.2, 0.25) is 0 Å². The first-order chi connectivity index (χ1) is 22.2. The minimum atomic E-state index is -0.962. The van der Waals surface area contributed by atoms with Crippen LogP contribution in [0.3, 0.4) is 0 Å². The molecule has 248 valence electrons. The Balaban J connectivity index is 0.000000807. The summed E-state index contributed by atoms with van der Waals surface area (Å²) in [5.41, 5.74) is 9.47. The maximum absolute atomic E-state index is 15.5. The molecule has 3 aromatic carbocycles. The van der Waals surface area contributed by atoms with Crippen LogP contribution in [0.25, 0.3) is 22.3 Å². The minimum Gasteiger partial charge on any atom is -0.490 e. The molecule has 0 radical (unpaired) electrons. The Labute approximate surface area is 276 Å². The van der Waals surface area contributed by atoms with Crippen LogP contribution in [-0.2, 0) is 37.1 Å². The van der Waals surface area contributed by atoms with Crippen LogP contribution in [0.5, 0.6) is 5.75 Å². The number of carboxylic acids is 1. The average molecular weight is 643 g/mol. The summed E-state index contributed by atoms with van der Waals surface area (Å²) in [6, 6.07) is 14.7. The van der Waals surface area contributed by atoms with Gasteiger partial charge in [-0.2, -0.15) is 0 Å². The summed E-state index contributed by atoms with van der Waals surface area (Å²) in [7, 11) is 0. The number of halogens is 2. The van der Waals surface area contributed by atoms with E-state index in [1.807, 2.05) is 39.0 Å². The molecule has 0 atom stereocenters. The summed E-state index contributed by atoms with van der Waals surface area (Å²) in [5, 5.41) is 18.4. The Morgan fingerprint density at radius 1 is 0.957 bits per heavy atom. The highest BCUT2D eigenvalue weighted by atomic mass is 19.1. The first-order valence-corrected chi connectivity index (χ1v) is 16.2. The maximum atomic E-state index is 15.5. The number of ether oxygens (including phenoxy) is 1. The van der Waals surface area contributed by atoms with E-state index in [9.17, 15) is 14.3 Å². The average Bonchev–Trinajstić information content (AvgIpc) is 3.00. The molecule has 6 rings (SSSR count). The fraction of sp³-hybridized carbons (Fsp3) is 0.385. The molecule has 47 heavy (non-hydrogen) atoms. The maximum Gasteiger partial charge on any atom is 0.307 e. The Hall–Kier alpha value is -4.14. The lowest BCUT2D eigenvalue weighted by atomic mass is 9.83. The lowest BCUT2D eigenvalue weighted by Crippen LogP contribution is -2.30. The highest BCUT2D eigenvalue weighted by Crippen LogP contribution is 2.44. The SMILES string of the molecule is CC(C)(C)O.Cc1nc(C)c(-c2ccc3c(c2)CCN(Cc2ccccc2F)C3)c(-c2cc(F)c3c(c2C)CCCO3)c1CC(=O)O. The van der Waals surface area contributed by atoms with E-state index in [1.54, 1.807) is 26.8 Å². The number of aliphatic hydroxyl groups is 1. The van der Waals surface area contributed by atoms with Gasteiger partial charge in [0.05, 0.1) is 18.6 Å². The second kappa shape index (κ2) is 13.9. The van der Waals surface area contributed by atoms with Crippen LogP contribution in [0.4, 0.5) is 8.78 Å². The number of pyridine rings is 1. The zero-order chi connectivity index (χ0) is 34.0. The van der Waals surface area contributed by atoms with Gasteiger partial charge < -0.3 is 14.9 Å². The van der Waals surface area contributed by atoms with Crippen molar-refractivity contribution in [3.05, 3.63) is 105 Å². The number of carboxylic acid groups (broad SMARTS) is 1. The van der Waals surface area contributed by atoms with Crippen LogP contribution < -0.4 is 4.74 Å². The zero-order valence-electron chi connectivity index (χ0n) is 28.1. The van der Waals surface area contributed by atoms with E-state index in [2.05, 4.69) is 17.0 Å². The third-order valence-corrected chi connectivity index (χ3v) is 8.66. The predicted octanol–water partition coefficient (Wildman–Crippen LogP) is 7.91. The Morgan fingerprint density at radius 3 is 2.38 bits per heavy atom. The fourth-order valence-corrected chi connectivity index (χ4v) is 6.59. The number of rotatable bonds is 6. The number of hydrogen-bond acceptors (Lipinski definition) is 5. The smallest absolute Gasteiger partial charge is 0.307 e. The number of fused-ring (bicyclic) bond motifs is 2. The van der Waals surface area contributed by atoms with Crippen LogP contribution in [0, 0.1) is 32.4 Å². The Bertz CT molecular complexity index is 1810. The largest absolute Gasteiger partial charge is 0.490 e. The van der Waals surface area contributed by atoms with Crippen molar-refractivity contribution in [3.63, 3.8) is 0 Å². The van der Waals surface area contributed by atoms with E-state index in [0.29, 0.717) is 54.3 Å². The molecule has 0 saturated carbocycles. The topological polar surface area (TPSA) is 82.9 Å². The summed E-state index contributed by atoms with van der Waals surface area (Å²) < 4.78 is 35.5. The fourth-order valence-electron chi connectivity index (χ4n) is 6.59. The molecule has 2 N–H and O–H groups in total. The number of aromatic nitrogens is 1. The molecule has 2 aliphatic rings. The predicted molar refractivity (Wildman–Crippen MR) is 181 cm³/mol. The van der Waals surface area contributed by atoms with E-state index in [1.165, 1.54) is 23.3 Å². The van der Waals surface area contributed by atoms with Gasteiger partial charge in [-0.3, -0.25) is 14.7 Å². The molecule has 0 aliphatic carbocycles. The van der Waals surface area contributed by atoms with Crippen molar-refractivity contribution >= 4 is 5.97 Å². The normalized spacial score (nSPS) is 14.4. The molecule has 6 nitrogen and oxygen atoms in total. The molecule has 0 unspecified atom stereocenters. The van der Waals surface area contributed by atoms with Crippen molar-refractivity contribution in [2.45, 2.75) is 85.9 Å². The third-order valence-electron chi connectivity index (χ3n) is 8.66. The van der Waals surface area contributed by atoms with Gasteiger partial charge in [0.1, 0.15) is 5.82 Å². The lowest BCUT2D eigenvalue weighted by Gasteiger charge is -2.30. The van der Waals surface area contributed by atoms with E-state index >= 15 is 4.39 Å². The summed E-state index contributed by atoms with van der Waals surface area (Å²) in [4.78, 5) is 19.1. The van der Waals surface area contributed by atoms with Crippen LogP contribution in [0.1, 0.15) is 72.0 Å². The molecule has 0 bridgehead atoms. The van der Waals surface area contributed by atoms with Gasteiger partial charge in [0.2, 0.25) is 0 Å². The van der Waals surface area contributed by atoms with Crippen molar-refractivity contribution in [2.24, 2.45) is 0 Å². The van der Waals surface area contributed by atoms with Crippen LogP contribution >= 0.6 is 0 Å². The summed E-state index contributed by atoms with van der Waals surface area (Å²) in [5.74, 6) is -1.27. The van der Waals surface area contributed by atoms with Gasteiger partial charge in [0.15, 0.2) is 11.6 Å². The van der Waals surface area contributed by atoms with E-state index in [4.69, 9.17) is 14.8 Å². The van der Waals surface area contributed by atoms with Crippen molar-refractivity contribution in [2.75, 3.05) is 13.2 Å². The first-order valence-electron chi connectivity index (χ1n) is 16.2. The van der Waals surface area contributed by atoms with Gasteiger partial charge in [-0.05, 0) is 112 Å². The molecule has 2 aliphatic heterocycles. The molecule has 4 aromatic rings. The summed E-state index contributed by atoms with van der Waals surface area (Å²) in [6.07, 6.45) is 2.10. The van der Waals surface area contributed by atoms with Crippen molar-refractivity contribution < 1.29 is 28.5 Å². The standard InChI is InChI=1S/C35H34F2N2O3.C4H10O/c1-20-27-8-6-14-42-35(27)31(37)16-28(20)34-29(17-32(40)41)21(2)38-22(3)33(34)24-10-11-25-18-39(13-12-23(25)15-24)19-26-7-4-5-9-30(26)36;1-4(2,3)5/h4-5,7,9-11,15-16H,6,8,12-14,17-19H2,1-3H3,(H,40,41);5H,1-3H3.